The maximum atomic E-state index is 8.74. The number of rotatable bonds is 4. The Hall–Kier alpha value is -0.810. The molecule has 106 valence electrons. The van der Waals surface area contributed by atoms with Gasteiger partial charge in [0.1, 0.15) is 0 Å². The quantitative estimate of drug-likeness (QED) is 0.255. The van der Waals surface area contributed by atoms with Gasteiger partial charge in [0, 0.05) is 0 Å². The van der Waals surface area contributed by atoms with E-state index < -0.39 is 10.4 Å². The van der Waals surface area contributed by atoms with Gasteiger partial charge in [-0.3, -0.25) is 9.11 Å². The zero-order valence-electron chi connectivity index (χ0n) is 9.75. The molecule has 1 heterocycles. The van der Waals surface area contributed by atoms with Crippen LogP contribution in [0.25, 0.3) is 0 Å². The van der Waals surface area contributed by atoms with Crippen LogP contribution in [0, 0.1) is 0 Å². The molecular formula is C8H22N2O6S. The zero-order valence-corrected chi connectivity index (χ0v) is 10.6. The summed E-state index contributed by atoms with van der Waals surface area (Å²) >= 11 is 0. The van der Waals surface area contributed by atoms with Crippen molar-refractivity contribution in [2.24, 2.45) is 0 Å². The molecule has 1 saturated heterocycles. The lowest BCUT2D eigenvalue weighted by atomic mass is 10.6. The molecule has 8 N–H and O–H groups in total. The third-order valence-corrected chi connectivity index (χ3v) is 0.676. The summed E-state index contributed by atoms with van der Waals surface area (Å²) in [6.45, 7) is 10.2. The topological polar surface area (TPSA) is 166 Å². The molecule has 8 nitrogen and oxygen atoms in total. The zero-order chi connectivity index (χ0) is 12.2. The van der Waals surface area contributed by atoms with Crippen LogP contribution >= 0.6 is 0 Å². The minimum atomic E-state index is -4.67. The van der Waals surface area contributed by atoms with Crippen LogP contribution in [0.3, 0.4) is 0 Å². The van der Waals surface area contributed by atoms with Gasteiger partial charge >= 0.3 is 10.4 Å². The van der Waals surface area contributed by atoms with Crippen LogP contribution in [0.5, 0.6) is 0 Å². The summed E-state index contributed by atoms with van der Waals surface area (Å²) in [5, 5.41) is 0. The van der Waals surface area contributed by atoms with Crippen molar-refractivity contribution in [3.05, 3.63) is 25.3 Å². The Morgan fingerprint density at radius 3 is 1.47 bits per heavy atom. The van der Waals surface area contributed by atoms with Gasteiger partial charge in [0.25, 0.3) is 0 Å². The van der Waals surface area contributed by atoms with Gasteiger partial charge in [0.15, 0.2) is 0 Å². The van der Waals surface area contributed by atoms with Gasteiger partial charge in [0.05, 0.1) is 26.4 Å². The molecule has 0 aromatic heterocycles. The van der Waals surface area contributed by atoms with Gasteiger partial charge in [-0.25, -0.2) is 0 Å². The second kappa shape index (κ2) is 17.6. The monoisotopic (exact) mass is 274 g/mol. The van der Waals surface area contributed by atoms with Crippen molar-refractivity contribution in [3.63, 3.8) is 0 Å². The SMILES string of the molecule is C1CO1.C=CCOCC=C.N.N.O=S(=O)(O)O. The van der Waals surface area contributed by atoms with Gasteiger partial charge < -0.3 is 21.8 Å². The summed E-state index contributed by atoms with van der Waals surface area (Å²) in [4.78, 5) is 0. The Labute approximate surface area is 102 Å². The van der Waals surface area contributed by atoms with E-state index in [1.807, 2.05) is 0 Å². The lowest BCUT2D eigenvalue weighted by molar-refractivity contribution is 0.194. The van der Waals surface area contributed by atoms with Gasteiger partial charge in [-0.05, 0) is 0 Å². The van der Waals surface area contributed by atoms with Crippen LogP contribution in [0.1, 0.15) is 0 Å². The highest BCUT2D eigenvalue weighted by Crippen LogP contribution is 1.84. The molecule has 0 radical (unpaired) electrons. The van der Waals surface area contributed by atoms with Gasteiger partial charge in [-0.15, -0.1) is 13.2 Å². The van der Waals surface area contributed by atoms with Crippen molar-refractivity contribution in [1.82, 2.24) is 12.3 Å². The first-order valence-electron chi connectivity index (χ1n) is 3.99. The highest BCUT2D eigenvalue weighted by molar-refractivity contribution is 7.79. The molecule has 0 atom stereocenters. The highest BCUT2D eigenvalue weighted by Gasteiger charge is 1.94. The van der Waals surface area contributed by atoms with E-state index in [2.05, 4.69) is 17.9 Å². The molecule has 0 saturated carbocycles. The van der Waals surface area contributed by atoms with E-state index >= 15 is 0 Å². The molecule has 0 amide bonds. The fourth-order valence-corrected chi connectivity index (χ4v) is 0.235. The first-order valence-corrected chi connectivity index (χ1v) is 5.38. The van der Waals surface area contributed by atoms with E-state index in [0.717, 1.165) is 13.2 Å². The molecule has 9 heteroatoms. The predicted octanol–water partition coefficient (Wildman–Crippen LogP) is 1.06. The second-order valence-electron chi connectivity index (χ2n) is 2.18. The standard InChI is InChI=1S/C6H10O.C2H4O.2H3N.H2O4S/c1-3-5-7-6-4-2;1-2-3-1;;;1-5(2,3)4/h3-4H,1-2,5-6H2;1-2H2;2*1H3;(H2,1,2,3,4). The molecule has 0 unspecified atom stereocenters. The lowest BCUT2D eigenvalue weighted by Crippen LogP contribution is -1.89. The first kappa shape index (κ1) is 25.1. The smallest absolute Gasteiger partial charge is 0.377 e. The Kier molecular flexibility index (Phi) is 26.0. The normalized spacial score (nSPS) is 10.9. The molecule has 0 aromatic rings. The van der Waals surface area contributed by atoms with Crippen LogP contribution in [0.15, 0.2) is 25.3 Å². The van der Waals surface area contributed by atoms with Gasteiger partial charge in [-0.1, -0.05) is 12.2 Å². The summed E-state index contributed by atoms with van der Waals surface area (Å²) in [5.74, 6) is 0. The minimum absolute atomic E-state index is 0. The number of hydrogen-bond acceptors (Lipinski definition) is 6. The van der Waals surface area contributed by atoms with E-state index in [0.29, 0.717) is 13.2 Å². The fraction of sp³-hybridized carbons (Fsp3) is 0.500. The van der Waals surface area contributed by atoms with Crippen molar-refractivity contribution in [2.45, 2.75) is 0 Å². The third kappa shape index (κ3) is 151. The minimum Gasteiger partial charge on any atom is -0.377 e. The average Bonchev–Trinajstić information content (AvgIpc) is 2.87. The van der Waals surface area contributed by atoms with Gasteiger partial charge in [-0.2, -0.15) is 8.42 Å². The van der Waals surface area contributed by atoms with E-state index in [1.54, 1.807) is 12.2 Å². The van der Waals surface area contributed by atoms with Crippen LogP contribution in [-0.4, -0.2) is 44.0 Å². The highest BCUT2D eigenvalue weighted by atomic mass is 32.3. The molecule has 1 fully saturated rings. The molecule has 0 bridgehead atoms. The first-order chi connectivity index (χ1) is 6.91. The second-order valence-corrected chi connectivity index (χ2v) is 3.07. The molecular weight excluding hydrogens is 252 g/mol. The van der Waals surface area contributed by atoms with Crippen molar-refractivity contribution < 1.29 is 27.0 Å². The maximum Gasteiger partial charge on any atom is 0.394 e. The van der Waals surface area contributed by atoms with E-state index in [9.17, 15) is 0 Å². The molecule has 17 heavy (non-hydrogen) atoms. The van der Waals surface area contributed by atoms with E-state index in [4.69, 9.17) is 22.3 Å². The van der Waals surface area contributed by atoms with Crippen molar-refractivity contribution in [1.29, 1.82) is 0 Å². The molecule has 0 aromatic carbocycles. The number of hydrogen-bond donors (Lipinski definition) is 4. The van der Waals surface area contributed by atoms with Crippen molar-refractivity contribution >= 4 is 10.4 Å². The van der Waals surface area contributed by atoms with E-state index in [-0.39, 0.29) is 12.3 Å². The average molecular weight is 274 g/mol. The van der Waals surface area contributed by atoms with Crippen LogP contribution < -0.4 is 12.3 Å². The Bertz CT molecular complexity index is 234. The molecule has 1 aliphatic rings. The fourth-order valence-electron chi connectivity index (χ4n) is 0.235. The number of ether oxygens (including phenoxy) is 2. The summed E-state index contributed by atoms with van der Waals surface area (Å²) in [6.07, 6.45) is 3.42. The summed E-state index contributed by atoms with van der Waals surface area (Å²) in [6, 6.07) is 0. The summed E-state index contributed by atoms with van der Waals surface area (Å²) < 4.78 is 41.0. The summed E-state index contributed by atoms with van der Waals surface area (Å²) in [5.41, 5.74) is 0. The third-order valence-electron chi connectivity index (χ3n) is 0.676. The Balaban J connectivity index is -0.0000000746. The van der Waals surface area contributed by atoms with Crippen LogP contribution in [0.4, 0.5) is 0 Å². The maximum absolute atomic E-state index is 8.74. The molecule has 1 rings (SSSR count). The number of epoxide rings is 1. The van der Waals surface area contributed by atoms with Crippen LogP contribution in [-0.2, 0) is 19.9 Å². The van der Waals surface area contributed by atoms with Crippen molar-refractivity contribution in [3.8, 4) is 0 Å². The van der Waals surface area contributed by atoms with Crippen LogP contribution in [0.2, 0.25) is 0 Å². The van der Waals surface area contributed by atoms with Gasteiger partial charge in [0.2, 0.25) is 0 Å². The largest absolute Gasteiger partial charge is 0.394 e. The predicted molar refractivity (Wildman–Crippen MR) is 66.3 cm³/mol. The lowest BCUT2D eigenvalue weighted by Gasteiger charge is -1.89. The molecule has 0 spiro atoms. The Morgan fingerprint density at radius 1 is 1.12 bits per heavy atom. The molecule has 0 aliphatic carbocycles. The van der Waals surface area contributed by atoms with E-state index in [1.165, 1.54) is 0 Å². The van der Waals surface area contributed by atoms with Crippen molar-refractivity contribution in [2.75, 3.05) is 26.4 Å². The summed E-state index contributed by atoms with van der Waals surface area (Å²) in [7, 11) is -4.67. The molecule has 1 aliphatic heterocycles. The Morgan fingerprint density at radius 2 is 1.35 bits per heavy atom.